The van der Waals surface area contributed by atoms with Gasteiger partial charge in [0.15, 0.2) is 0 Å². The van der Waals surface area contributed by atoms with Crippen molar-refractivity contribution in [2.45, 2.75) is 6.42 Å². The first kappa shape index (κ1) is 14.5. The van der Waals surface area contributed by atoms with Gasteiger partial charge in [0, 0.05) is 20.2 Å². The zero-order valence-electron chi connectivity index (χ0n) is 10.5. The summed E-state index contributed by atoms with van der Waals surface area (Å²) in [7, 11) is 1.57. The molecule has 1 amide bonds. The maximum Gasteiger partial charge on any atom is 0.227 e. The number of aromatic hydroxyl groups is 1. The summed E-state index contributed by atoms with van der Waals surface area (Å²) in [5, 5.41) is 18.1. The van der Waals surface area contributed by atoms with Crippen molar-refractivity contribution in [3.63, 3.8) is 0 Å². The first-order valence-corrected chi connectivity index (χ1v) is 5.83. The maximum atomic E-state index is 12.0. The van der Waals surface area contributed by atoms with Gasteiger partial charge in [-0.1, -0.05) is 12.1 Å². The highest BCUT2D eigenvalue weighted by molar-refractivity contribution is 5.78. The lowest BCUT2D eigenvalue weighted by Crippen LogP contribution is -2.37. The lowest BCUT2D eigenvalue weighted by Gasteiger charge is -2.21. The molecule has 0 radical (unpaired) electrons. The van der Waals surface area contributed by atoms with Crippen molar-refractivity contribution in [2.24, 2.45) is 0 Å². The van der Waals surface area contributed by atoms with Gasteiger partial charge in [0.25, 0.3) is 0 Å². The Balaban J connectivity index is 2.57. The highest BCUT2D eigenvalue weighted by Gasteiger charge is 2.13. The zero-order chi connectivity index (χ0) is 13.4. The summed E-state index contributed by atoms with van der Waals surface area (Å²) in [5.74, 6) is 0.115. The quantitative estimate of drug-likeness (QED) is 0.738. The van der Waals surface area contributed by atoms with Crippen LogP contribution in [-0.2, 0) is 16.0 Å². The Labute approximate surface area is 107 Å². The van der Waals surface area contributed by atoms with Gasteiger partial charge in [0.05, 0.1) is 19.6 Å². The number of hydrogen-bond donors (Lipinski definition) is 2. The van der Waals surface area contributed by atoms with Crippen molar-refractivity contribution in [2.75, 3.05) is 33.4 Å². The average molecular weight is 253 g/mol. The maximum absolute atomic E-state index is 12.0. The Morgan fingerprint density at radius 2 is 1.94 bits per heavy atom. The van der Waals surface area contributed by atoms with E-state index in [9.17, 15) is 4.79 Å². The number of rotatable bonds is 7. The van der Waals surface area contributed by atoms with E-state index in [0.29, 0.717) is 19.7 Å². The molecule has 0 heterocycles. The lowest BCUT2D eigenvalue weighted by atomic mass is 10.1. The summed E-state index contributed by atoms with van der Waals surface area (Å²) < 4.78 is 4.93. The number of hydrogen-bond acceptors (Lipinski definition) is 4. The molecule has 0 fully saturated rings. The molecule has 0 saturated heterocycles. The number of carbonyl (C=O) groups is 1. The number of phenolic OH excluding ortho intramolecular Hbond substituents is 1. The number of phenols is 1. The van der Waals surface area contributed by atoms with Crippen LogP contribution in [0.2, 0.25) is 0 Å². The minimum Gasteiger partial charge on any atom is -0.508 e. The van der Waals surface area contributed by atoms with Crippen molar-refractivity contribution in [1.82, 2.24) is 4.90 Å². The standard InChI is InChI=1S/C13H19NO4/c1-18-9-7-14(6-8-15)13(17)10-11-2-4-12(16)5-3-11/h2-5,15-16H,6-10H2,1H3. The number of benzene rings is 1. The normalized spacial score (nSPS) is 10.3. The Morgan fingerprint density at radius 1 is 1.28 bits per heavy atom. The molecule has 0 bridgehead atoms. The van der Waals surface area contributed by atoms with Crippen LogP contribution in [0.5, 0.6) is 5.75 Å². The van der Waals surface area contributed by atoms with Crippen LogP contribution < -0.4 is 0 Å². The number of aliphatic hydroxyl groups excluding tert-OH is 1. The highest BCUT2D eigenvalue weighted by atomic mass is 16.5. The molecule has 1 rings (SSSR count). The number of ether oxygens (including phenoxy) is 1. The fraction of sp³-hybridized carbons (Fsp3) is 0.462. The van der Waals surface area contributed by atoms with Crippen LogP contribution in [0.4, 0.5) is 0 Å². The van der Waals surface area contributed by atoms with Crippen molar-refractivity contribution in [3.8, 4) is 5.75 Å². The number of amides is 1. The third kappa shape index (κ3) is 4.73. The molecular weight excluding hydrogens is 234 g/mol. The van der Waals surface area contributed by atoms with Crippen LogP contribution in [0, 0.1) is 0 Å². The van der Waals surface area contributed by atoms with E-state index in [1.54, 1.807) is 36.3 Å². The van der Waals surface area contributed by atoms with E-state index in [4.69, 9.17) is 14.9 Å². The van der Waals surface area contributed by atoms with Gasteiger partial charge in [0.1, 0.15) is 5.75 Å². The van der Waals surface area contributed by atoms with Crippen molar-refractivity contribution < 1.29 is 19.7 Å². The second kappa shape index (κ2) is 7.68. The zero-order valence-corrected chi connectivity index (χ0v) is 10.5. The average Bonchev–Trinajstić information content (AvgIpc) is 2.37. The van der Waals surface area contributed by atoms with Gasteiger partial charge >= 0.3 is 0 Å². The van der Waals surface area contributed by atoms with Crippen LogP contribution in [0.1, 0.15) is 5.56 Å². The second-order valence-electron chi connectivity index (χ2n) is 3.94. The lowest BCUT2D eigenvalue weighted by molar-refractivity contribution is -0.131. The molecule has 5 heteroatoms. The summed E-state index contributed by atoms with van der Waals surface area (Å²) in [6, 6.07) is 6.52. The molecule has 0 aliphatic carbocycles. The SMILES string of the molecule is COCCN(CCO)C(=O)Cc1ccc(O)cc1. The first-order chi connectivity index (χ1) is 8.67. The Morgan fingerprint density at radius 3 is 2.50 bits per heavy atom. The third-order valence-electron chi connectivity index (χ3n) is 2.58. The topological polar surface area (TPSA) is 70.0 Å². The predicted molar refractivity (Wildman–Crippen MR) is 67.4 cm³/mol. The number of nitrogens with zero attached hydrogens (tertiary/aromatic N) is 1. The summed E-state index contributed by atoms with van der Waals surface area (Å²) in [6.07, 6.45) is 0.254. The second-order valence-corrected chi connectivity index (χ2v) is 3.94. The fourth-order valence-electron chi connectivity index (χ4n) is 1.58. The van der Waals surface area contributed by atoms with E-state index in [1.807, 2.05) is 0 Å². The molecule has 0 unspecified atom stereocenters. The first-order valence-electron chi connectivity index (χ1n) is 5.83. The van der Waals surface area contributed by atoms with Crippen LogP contribution in [0.3, 0.4) is 0 Å². The fourth-order valence-corrected chi connectivity index (χ4v) is 1.58. The predicted octanol–water partition coefficient (Wildman–Crippen LogP) is 0.402. The molecule has 0 aromatic heterocycles. The summed E-state index contributed by atoms with van der Waals surface area (Å²) >= 11 is 0. The molecule has 1 aromatic rings. The minimum atomic E-state index is -0.0645. The van der Waals surface area contributed by atoms with Crippen LogP contribution in [0.15, 0.2) is 24.3 Å². The van der Waals surface area contributed by atoms with E-state index < -0.39 is 0 Å². The van der Waals surface area contributed by atoms with Gasteiger partial charge in [-0.15, -0.1) is 0 Å². The van der Waals surface area contributed by atoms with Gasteiger partial charge in [0.2, 0.25) is 5.91 Å². The van der Waals surface area contributed by atoms with E-state index in [1.165, 1.54) is 0 Å². The molecule has 1 aromatic carbocycles. The molecule has 5 nitrogen and oxygen atoms in total. The smallest absolute Gasteiger partial charge is 0.227 e. The molecular formula is C13H19NO4. The molecule has 2 N–H and O–H groups in total. The molecule has 18 heavy (non-hydrogen) atoms. The largest absolute Gasteiger partial charge is 0.508 e. The van der Waals surface area contributed by atoms with E-state index in [2.05, 4.69) is 0 Å². The number of carbonyl (C=O) groups excluding carboxylic acids is 1. The van der Waals surface area contributed by atoms with Crippen LogP contribution in [0.25, 0.3) is 0 Å². The van der Waals surface area contributed by atoms with Crippen molar-refractivity contribution in [3.05, 3.63) is 29.8 Å². The molecule has 0 aliphatic rings. The summed E-state index contributed by atoms with van der Waals surface area (Å²) in [4.78, 5) is 13.6. The molecule has 0 atom stereocenters. The molecule has 0 saturated carbocycles. The van der Waals surface area contributed by atoms with E-state index in [0.717, 1.165) is 5.56 Å². The Bertz CT molecular complexity index is 364. The molecule has 0 aliphatic heterocycles. The Kier molecular flexibility index (Phi) is 6.18. The van der Waals surface area contributed by atoms with Crippen molar-refractivity contribution in [1.29, 1.82) is 0 Å². The summed E-state index contributed by atoms with van der Waals surface area (Å²) in [5.41, 5.74) is 0.832. The van der Waals surface area contributed by atoms with Crippen molar-refractivity contribution >= 4 is 5.91 Å². The number of methoxy groups -OCH3 is 1. The molecule has 100 valence electrons. The van der Waals surface area contributed by atoms with E-state index >= 15 is 0 Å². The van der Waals surface area contributed by atoms with Gasteiger partial charge in [-0.2, -0.15) is 0 Å². The third-order valence-corrected chi connectivity index (χ3v) is 2.58. The van der Waals surface area contributed by atoms with Crippen LogP contribution >= 0.6 is 0 Å². The van der Waals surface area contributed by atoms with E-state index in [-0.39, 0.29) is 24.7 Å². The monoisotopic (exact) mass is 253 g/mol. The Hall–Kier alpha value is -1.59. The minimum absolute atomic E-state index is 0.0632. The highest BCUT2D eigenvalue weighted by Crippen LogP contribution is 2.11. The number of aliphatic hydroxyl groups is 1. The molecule has 0 spiro atoms. The van der Waals surface area contributed by atoms with Gasteiger partial charge in [-0.05, 0) is 17.7 Å². The van der Waals surface area contributed by atoms with Crippen LogP contribution in [-0.4, -0.2) is 54.4 Å². The van der Waals surface area contributed by atoms with Gasteiger partial charge < -0.3 is 19.8 Å². The van der Waals surface area contributed by atoms with Gasteiger partial charge in [-0.3, -0.25) is 4.79 Å². The van der Waals surface area contributed by atoms with Gasteiger partial charge in [-0.25, -0.2) is 0 Å². The summed E-state index contributed by atoms with van der Waals surface area (Å²) in [6.45, 7) is 1.15.